The van der Waals surface area contributed by atoms with Crippen LogP contribution < -0.4 is 10.6 Å². The molecule has 2 aromatic rings. The molecule has 0 saturated heterocycles. The summed E-state index contributed by atoms with van der Waals surface area (Å²) in [4.78, 5) is 15.1. The van der Waals surface area contributed by atoms with E-state index in [0.29, 0.717) is 5.69 Å². The molecule has 1 amide bonds. The first-order chi connectivity index (χ1) is 8.63. The predicted octanol–water partition coefficient (Wildman–Crippen LogP) is 3.09. The Morgan fingerprint density at radius 3 is 2.61 bits per heavy atom. The highest BCUT2D eigenvalue weighted by Crippen LogP contribution is 2.17. The second-order valence-electron chi connectivity index (χ2n) is 4.11. The first-order valence-electron chi connectivity index (χ1n) is 5.71. The highest BCUT2D eigenvalue weighted by Gasteiger charge is 1.98. The van der Waals surface area contributed by atoms with Crippen molar-refractivity contribution in [2.45, 2.75) is 13.8 Å². The number of nitrogens with zero attached hydrogens (tertiary/aromatic N) is 1. The molecular formula is C14H15N3O. The summed E-state index contributed by atoms with van der Waals surface area (Å²) in [5.41, 5.74) is 2.88. The zero-order valence-corrected chi connectivity index (χ0v) is 10.4. The highest BCUT2D eigenvalue weighted by molar-refractivity contribution is 5.88. The smallest absolute Gasteiger partial charge is 0.221 e. The van der Waals surface area contributed by atoms with Gasteiger partial charge in [0.05, 0.1) is 11.9 Å². The molecule has 0 unspecified atom stereocenters. The van der Waals surface area contributed by atoms with Crippen molar-refractivity contribution in [1.29, 1.82) is 0 Å². The van der Waals surface area contributed by atoms with Gasteiger partial charge in [-0.3, -0.25) is 4.79 Å². The lowest BCUT2D eigenvalue weighted by atomic mass is 10.2. The molecule has 4 heteroatoms. The lowest BCUT2D eigenvalue weighted by Gasteiger charge is -2.07. The van der Waals surface area contributed by atoms with Crippen molar-refractivity contribution in [1.82, 2.24) is 4.98 Å². The van der Waals surface area contributed by atoms with Crippen LogP contribution in [0.3, 0.4) is 0 Å². The van der Waals surface area contributed by atoms with Crippen molar-refractivity contribution in [3.63, 3.8) is 0 Å². The normalized spacial score (nSPS) is 9.89. The molecule has 0 atom stereocenters. The van der Waals surface area contributed by atoms with Gasteiger partial charge in [0.2, 0.25) is 5.91 Å². The quantitative estimate of drug-likeness (QED) is 0.868. The van der Waals surface area contributed by atoms with Gasteiger partial charge in [-0.05, 0) is 36.8 Å². The molecule has 0 saturated carbocycles. The summed E-state index contributed by atoms with van der Waals surface area (Å²) in [7, 11) is 0. The molecule has 0 aliphatic carbocycles. The Morgan fingerprint density at radius 1 is 1.17 bits per heavy atom. The molecule has 0 bridgehead atoms. The zero-order valence-electron chi connectivity index (χ0n) is 10.4. The number of nitrogens with one attached hydrogen (secondary N) is 2. The van der Waals surface area contributed by atoms with E-state index in [1.54, 1.807) is 6.20 Å². The number of aromatic nitrogens is 1. The van der Waals surface area contributed by atoms with Crippen molar-refractivity contribution in [3.8, 4) is 0 Å². The summed E-state index contributed by atoms with van der Waals surface area (Å²) in [6.07, 6.45) is 1.62. The Labute approximate surface area is 106 Å². The Hall–Kier alpha value is -2.36. The van der Waals surface area contributed by atoms with Gasteiger partial charge < -0.3 is 10.6 Å². The van der Waals surface area contributed by atoms with E-state index < -0.39 is 0 Å². The van der Waals surface area contributed by atoms with Gasteiger partial charge in [-0.1, -0.05) is 12.1 Å². The van der Waals surface area contributed by atoms with Gasteiger partial charge in [-0.15, -0.1) is 0 Å². The molecule has 1 aromatic carbocycles. The van der Waals surface area contributed by atoms with E-state index >= 15 is 0 Å². The van der Waals surface area contributed by atoms with Crippen LogP contribution in [0.4, 0.5) is 17.2 Å². The SMILES string of the molecule is CC(=O)Nc1ccc(Nc2cccc(C)c2)nc1. The number of rotatable bonds is 3. The molecule has 0 radical (unpaired) electrons. The number of pyridine rings is 1. The number of hydrogen-bond acceptors (Lipinski definition) is 3. The fourth-order valence-corrected chi connectivity index (χ4v) is 1.62. The van der Waals surface area contributed by atoms with E-state index in [-0.39, 0.29) is 5.91 Å². The van der Waals surface area contributed by atoms with E-state index in [0.717, 1.165) is 11.5 Å². The maximum Gasteiger partial charge on any atom is 0.221 e. The van der Waals surface area contributed by atoms with Gasteiger partial charge in [0.1, 0.15) is 5.82 Å². The number of carbonyl (C=O) groups excluding carboxylic acids is 1. The topological polar surface area (TPSA) is 54.0 Å². The summed E-state index contributed by atoms with van der Waals surface area (Å²) in [5, 5.41) is 5.88. The van der Waals surface area contributed by atoms with Crippen LogP contribution in [0.2, 0.25) is 0 Å². The van der Waals surface area contributed by atoms with E-state index in [1.165, 1.54) is 12.5 Å². The Balaban J connectivity index is 2.08. The molecule has 1 aromatic heterocycles. The van der Waals surface area contributed by atoms with Crippen LogP contribution in [-0.2, 0) is 4.79 Å². The molecule has 0 aliphatic rings. The largest absolute Gasteiger partial charge is 0.340 e. The molecule has 0 aliphatic heterocycles. The maximum atomic E-state index is 10.9. The molecule has 0 spiro atoms. The third-order valence-corrected chi connectivity index (χ3v) is 2.37. The average Bonchev–Trinajstić information content (AvgIpc) is 2.31. The van der Waals surface area contributed by atoms with Gasteiger partial charge in [0.15, 0.2) is 0 Å². The van der Waals surface area contributed by atoms with Crippen molar-refractivity contribution in [3.05, 3.63) is 48.2 Å². The maximum absolute atomic E-state index is 10.9. The lowest BCUT2D eigenvalue weighted by Crippen LogP contribution is -2.06. The molecule has 2 N–H and O–H groups in total. The average molecular weight is 241 g/mol. The van der Waals surface area contributed by atoms with Crippen LogP contribution in [0.5, 0.6) is 0 Å². The van der Waals surface area contributed by atoms with Crippen molar-refractivity contribution in [2.75, 3.05) is 10.6 Å². The highest BCUT2D eigenvalue weighted by atomic mass is 16.1. The van der Waals surface area contributed by atoms with E-state index in [1.807, 2.05) is 43.3 Å². The fraction of sp³-hybridized carbons (Fsp3) is 0.143. The summed E-state index contributed by atoms with van der Waals surface area (Å²) < 4.78 is 0. The number of carbonyl (C=O) groups is 1. The van der Waals surface area contributed by atoms with Crippen LogP contribution in [-0.4, -0.2) is 10.9 Å². The van der Waals surface area contributed by atoms with Crippen molar-refractivity contribution in [2.24, 2.45) is 0 Å². The second kappa shape index (κ2) is 5.31. The van der Waals surface area contributed by atoms with Gasteiger partial charge in [-0.2, -0.15) is 0 Å². The first-order valence-corrected chi connectivity index (χ1v) is 5.71. The van der Waals surface area contributed by atoms with E-state index in [4.69, 9.17) is 0 Å². The summed E-state index contributed by atoms with van der Waals surface area (Å²) >= 11 is 0. The first kappa shape index (κ1) is 12.1. The fourth-order valence-electron chi connectivity index (χ4n) is 1.62. The van der Waals surface area contributed by atoms with Crippen molar-refractivity contribution < 1.29 is 4.79 Å². The Morgan fingerprint density at radius 2 is 2.00 bits per heavy atom. The number of hydrogen-bond donors (Lipinski definition) is 2. The third kappa shape index (κ3) is 3.31. The monoisotopic (exact) mass is 241 g/mol. The number of anilines is 3. The minimum Gasteiger partial charge on any atom is -0.340 e. The Bertz CT molecular complexity index is 549. The summed E-state index contributed by atoms with van der Waals surface area (Å²) in [6, 6.07) is 11.7. The third-order valence-electron chi connectivity index (χ3n) is 2.37. The second-order valence-corrected chi connectivity index (χ2v) is 4.11. The minimum atomic E-state index is -0.101. The number of benzene rings is 1. The van der Waals surface area contributed by atoms with E-state index in [9.17, 15) is 4.79 Å². The van der Waals surface area contributed by atoms with Crippen LogP contribution in [0.1, 0.15) is 12.5 Å². The van der Waals surface area contributed by atoms with E-state index in [2.05, 4.69) is 15.6 Å². The standard InChI is InChI=1S/C14H15N3O/c1-10-4-3-5-12(8-10)17-14-7-6-13(9-15-14)16-11(2)18/h3-9H,1-2H3,(H,15,17)(H,16,18). The predicted molar refractivity (Wildman–Crippen MR) is 73.0 cm³/mol. The molecule has 0 fully saturated rings. The van der Waals surface area contributed by atoms with Crippen LogP contribution >= 0.6 is 0 Å². The zero-order chi connectivity index (χ0) is 13.0. The van der Waals surface area contributed by atoms with Crippen LogP contribution in [0.25, 0.3) is 0 Å². The molecule has 2 rings (SSSR count). The van der Waals surface area contributed by atoms with Gasteiger partial charge in [0, 0.05) is 12.6 Å². The number of amides is 1. The summed E-state index contributed by atoms with van der Waals surface area (Å²) in [6.45, 7) is 3.51. The Kier molecular flexibility index (Phi) is 3.57. The van der Waals surface area contributed by atoms with Gasteiger partial charge in [-0.25, -0.2) is 4.98 Å². The minimum absolute atomic E-state index is 0.101. The molecule has 1 heterocycles. The molecule has 4 nitrogen and oxygen atoms in total. The molecular weight excluding hydrogens is 226 g/mol. The molecule has 18 heavy (non-hydrogen) atoms. The van der Waals surface area contributed by atoms with Crippen LogP contribution in [0.15, 0.2) is 42.6 Å². The summed E-state index contributed by atoms with van der Waals surface area (Å²) in [5.74, 6) is 0.644. The van der Waals surface area contributed by atoms with Gasteiger partial charge in [0.25, 0.3) is 0 Å². The van der Waals surface area contributed by atoms with Gasteiger partial charge >= 0.3 is 0 Å². The van der Waals surface area contributed by atoms with Crippen LogP contribution in [0, 0.1) is 6.92 Å². The lowest BCUT2D eigenvalue weighted by molar-refractivity contribution is -0.114. The molecule has 92 valence electrons. The number of aryl methyl sites for hydroxylation is 1. The van der Waals surface area contributed by atoms with Crippen molar-refractivity contribution >= 4 is 23.1 Å².